The third-order valence-corrected chi connectivity index (χ3v) is 3.36. The smallest absolute Gasteiger partial charge is 0.151 e. The molecule has 0 aliphatic rings. The van der Waals surface area contributed by atoms with Crippen LogP contribution in [0.4, 0.5) is 0 Å². The molecule has 1 aromatic heterocycles. The van der Waals surface area contributed by atoms with E-state index in [1.807, 2.05) is 24.3 Å². The van der Waals surface area contributed by atoms with Crippen LogP contribution >= 0.6 is 23.4 Å². The van der Waals surface area contributed by atoms with Crippen LogP contribution in [0, 0.1) is 0 Å². The number of nitrogens with zero attached hydrogens (tertiary/aromatic N) is 2. The summed E-state index contributed by atoms with van der Waals surface area (Å²) in [6.07, 6.45) is 0.707. The number of aromatic nitrogens is 3. The van der Waals surface area contributed by atoms with Gasteiger partial charge in [0, 0.05) is 16.3 Å². The molecule has 2 aromatic rings. The van der Waals surface area contributed by atoms with Crippen LogP contribution in [0.5, 0.6) is 0 Å². The first-order chi connectivity index (χ1) is 8.28. The molecule has 0 atom stereocenters. The number of benzene rings is 1. The summed E-state index contributed by atoms with van der Waals surface area (Å²) in [5.74, 6) is 2.38. The second-order valence-electron chi connectivity index (χ2n) is 3.48. The van der Waals surface area contributed by atoms with Crippen molar-refractivity contribution in [3.63, 3.8) is 0 Å². The average Bonchev–Trinajstić information content (AvgIpc) is 2.75. The second-order valence-corrected chi connectivity index (χ2v) is 4.97. The highest BCUT2D eigenvalue weighted by atomic mass is 35.5. The zero-order chi connectivity index (χ0) is 12.1. The molecule has 2 rings (SSSR count). The Balaban J connectivity index is 1.93. The van der Waals surface area contributed by atoms with Gasteiger partial charge in [0.15, 0.2) is 5.82 Å². The van der Waals surface area contributed by atoms with Crippen molar-refractivity contribution in [2.75, 3.05) is 6.54 Å². The monoisotopic (exact) mass is 268 g/mol. The fourth-order valence-corrected chi connectivity index (χ4v) is 2.42. The van der Waals surface area contributed by atoms with Crippen LogP contribution in [-0.2, 0) is 12.2 Å². The van der Waals surface area contributed by atoms with E-state index in [2.05, 4.69) is 15.2 Å². The molecule has 0 aliphatic heterocycles. The van der Waals surface area contributed by atoms with Crippen molar-refractivity contribution < 1.29 is 0 Å². The number of hydrogen-bond donors (Lipinski definition) is 2. The summed E-state index contributed by atoms with van der Waals surface area (Å²) in [6.45, 7) is 0.568. The third-order valence-electron chi connectivity index (χ3n) is 2.12. The molecule has 0 bridgehead atoms. The summed E-state index contributed by atoms with van der Waals surface area (Å²) < 4.78 is 0. The lowest BCUT2D eigenvalue weighted by Gasteiger charge is -1.99. The largest absolute Gasteiger partial charge is 0.330 e. The summed E-state index contributed by atoms with van der Waals surface area (Å²) in [5.41, 5.74) is 5.44. The molecule has 90 valence electrons. The van der Waals surface area contributed by atoms with E-state index in [-0.39, 0.29) is 0 Å². The van der Waals surface area contributed by atoms with Crippen LogP contribution < -0.4 is 5.73 Å². The maximum Gasteiger partial charge on any atom is 0.151 e. The molecule has 0 amide bonds. The molecule has 0 radical (unpaired) electrons. The third kappa shape index (κ3) is 3.73. The van der Waals surface area contributed by atoms with E-state index >= 15 is 0 Å². The topological polar surface area (TPSA) is 67.6 Å². The van der Waals surface area contributed by atoms with Gasteiger partial charge in [0.25, 0.3) is 0 Å². The van der Waals surface area contributed by atoms with Gasteiger partial charge in [0.2, 0.25) is 0 Å². The van der Waals surface area contributed by atoms with Crippen LogP contribution in [0.25, 0.3) is 0 Å². The van der Waals surface area contributed by atoms with E-state index in [9.17, 15) is 0 Å². The van der Waals surface area contributed by atoms with E-state index in [0.717, 1.165) is 27.3 Å². The fraction of sp³-hybridized carbons (Fsp3) is 0.273. The van der Waals surface area contributed by atoms with Crippen LogP contribution in [0.2, 0.25) is 5.02 Å². The molecule has 3 N–H and O–H groups in total. The number of hydrogen-bond acceptors (Lipinski definition) is 4. The Morgan fingerprint density at radius 1 is 1.41 bits per heavy atom. The first-order valence-electron chi connectivity index (χ1n) is 5.26. The van der Waals surface area contributed by atoms with Gasteiger partial charge in [0.05, 0.1) is 5.75 Å². The standard InChI is InChI=1S/C11H13ClN4S/c12-8-2-1-3-9(6-8)17-7-11-14-10(4-5-13)15-16-11/h1-3,6H,4-5,7,13H2,(H,14,15,16). The lowest BCUT2D eigenvalue weighted by Crippen LogP contribution is -2.03. The number of halogens is 1. The molecule has 0 spiro atoms. The van der Waals surface area contributed by atoms with Crippen molar-refractivity contribution in [3.8, 4) is 0 Å². The Morgan fingerprint density at radius 3 is 3.06 bits per heavy atom. The molecule has 0 saturated heterocycles. The van der Waals surface area contributed by atoms with Gasteiger partial charge in [-0.2, -0.15) is 5.10 Å². The number of rotatable bonds is 5. The summed E-state index contributed by atoms with van der Waals surface area (Å²) >= 11 is 7.58. The minimum Gasteiger partial charge on any atom is -0.330 e. The SMILES string of the molecule is NCCc1n[nH]c(CSc2cccc(Cl)c2)n1. The van der Waals surface area contributed by atoms with Gasteiger partial charge in [-0.1, -0.05) is 17.7 Å². The number of H-pyrrole nitrogens is 1. The van der Waals surface area contributed by atoms with Gasteiger partial charge in [-0.25, -0.2) is 4.98 Å². The Labute approximate surface area is 109 Å². The van der Waals surface area contributed by atoms with E-state index < -0.39 is 0 Å². The molecule has 0 saturated carbocycles. The molecule has 0 fully saturated rings. The van der Waals surface area contributed by atoms with Crippen molar-refractivity contribution in [3.05, 3.63) is 40.9 Å². The zero-order valence-corrected chi connectivity index (χ0v) is 10.8. The average molecular weight is 269 g/mol. The summed E-state index contributed by atoms with van der Waals surface area (Å²) in [5, 5.41) is 7.73. The van der Waals surface area contributed by atoms with Gasteiger partial charge < -0.3 is 5.73 Å². The van der Waals surface area contributed by atoms with Gasteiger partial charge >= 0.3 is 0 Å². The van der Waals surface area contributed by atoms with Crippen molar-refractivity contribution in [1.29, 1.82) is 0 Å². The predicted molar refractivity (Wildman–Crippen MR) is 70.2 cm³/mol. The summed E-state index contributed by atoms with van der Waals surface area (Å²) in [6, 6.07) is 7.75. The maximum absolute atomic E-state index is 5.91. The van der Waals surface area contributed by atoms with Crippen LogP contribution in [-0.4, -0.2) is 21.7 Å². The zero-order valence-electron chi connectivity index (χ0n) is 9.19. The number of thioether (sulfide) groups is 1. The second kappa shape index (κ2) is 6.05. The van der Waals surface area contributed by atoms with Crippen LogP contribution in [0.3, 0.4) is 0 Å². The van der Waals surface area contributed by atoms with Crippen LogP contribution in [0.15, 0.2) is 29.2 Å². The highest BCUT2D eigenvalue weighted by Crippen LogP contribution is 2.23. The molecule has 4 nitrogen and oxygen atoms in total. The van der Waals surface area contributed by atoms with Crippen molar-refractivity contribution in [2.45, 2.75) is 17.1 Å². The van der Waals surface area contributed by atoms with Crippen molar-refractivity contribution >= 4 is 23.4 Å². The fourth-order valence-electron chi connectivity index (χ4n) is 1.35. The molecule has 0 aliphatic carbocycles. The minimum absolute atomic E-state index is 0.568. The Bertz CT molecular complexity index is 486. The number of nitrogens with one attached hydrogen (secondary N) is 1. The molecular weight excluding hydrogens is 256 g/mol. The highest BCUT2D eigenvalue weighted by molar-refractivity contribution is 7.98. The highest BCUT2D eigenvalue weighted by Gasteiger charge is 2.03. The predicted octanol–water partition coefficient (Wildman–Crippen LogP) is 2.25. The van der Waals surface area contributed by atoms with Crippen molar-refractivity contribution in [2.24, 2.45) is 5.73 Å². The van der Waals surface area contributed by atoms with Gasteiger partial charge in [0.1, 0.15) is 5.82 Å². The van der Waals surface area contributed by atoms with E-state index in [1.165, 1.54) is 0 Å². The number of aromatic amines is 1. The molecule has 17 heavy (non-hydrogen) atoms. The van der Waals surface area contributed by atoms with Gasteiger partial charge in [-0.3, -0.25) is 5.10 Å². The molecule has 1 heterocycles. The molecular formula is C11H13ClN4S. The maximum atomic E-state index is 5.91. The first-order valence-corrected chi connectivity index (χ1v) is 6.63. The first kappa shape index (κ1) is 12.4. The minimum atomic E-state index is 0.568. The number of nitrogens with two attached hydrogens (primary N) is 1. The van der Waals surface area contributed by atoms with Crippen LogP contribution in [0.1, 0.15) is 11.6 Å². The van der Waals surface area contributed by atoms with E-state index in [1.54, 1.807) is 11.8 Å². The van der Waals surface area contributed by atoms with Gasteiger partial charge in [-0.15, -0.1) is 11.8 Å². The Kier molecular flexibility index (Phi) is 4.42. The van der Waals surface area contributed by atoms with Crippen molar-refractivity contribution in [1.82, 2.24) is 15.2 Å². The summed E-state index contributed by atoms with van der Waals surface area (Å²) in [7, 11) is 0. The lowest BCUT2D eigenvalue weighted by atomic mass is 10.4. The molecule has 0 unspecified atom stereocenters. The Hall–Kier alpha value is -1.04. The van der Waals surface area contributed by atoms with E-state index in [0.29, 0.717) is 13.0 Å². The molecule has 6 heteroatoms. The van der Waals surface area contributed by atoms with Gasteiger partial charge in [-0.05, 0) is 24.7 Å². The Morgan fingerprint density at radius 2 is 2.29 bits per heavy atom. The summed E-state index contributed by atoms with van der Waals surface area (Å²) in [4.78, 5) is 5.46. The lowest BCUT2D eigenvalue weighted by molar-refractivity contribution is 0.874. The normalized spacial score (nSPS) is 10.7. The molecule has 1 aromatic carbocycles. The van der Waals surface area contributed by atoms with E-state index in [4.69, 9.17) is 17.3 Å². The quantitative estimate of drug-likeness (QED) is 0.816.